The summed E-state index contributed by atoms with van der Waals surface area (Å²) in [6, 6.07) is 0. The van der Waals surface area contributed by atoms with Crippen LogP contribution in [-0.4, -0.2) is 45.2 Å². The zero-order valence-electron chi connectivity index (χ0n) is 33.5. The van der Waals surface area contributed by atoms with Crippen molar-refractivity contribution in [1.29, 1.82) is 0 Å². The average Bonchev–Trinajstić information content (AvgIpc) is 4.08. The van der Waals surface area contributed by atoms with Gasteiger partial charge in [-0.2, -0.15) is 0 Å². The second kappa shape index (κ2) is 23.0. The number of allylic oxidation sites excluding steroid dienone is 19. The molecule has 0 spiro atoms. The minimum absolute atomic E-state index is 0.0465. The van der Waals surface area contributed by atoms with E-state index in [4.69, 9.17) is 28.4 Å². The highest BCUT2D eigenvalue weighted by Crippen LogP contribution is 2.33. The maximum Gasteiger partial charge on any atom is 0.127 e. The summed E-state index contributed by atoms with van der Waals surface area (Å²) in [5, 5.41) is 0. The third-order valence-electron chi connectivity index (χ3n) is 8.38. The molecule has 2 aliphatic rings. The van der Waals surface area contributed by atoms with Crippen LogP contribution in [0, 0.1) is 5.92 Å². The number of rotatable bonds is 25. The molecule has 0 bridgehead atoms. The lowest BCUT2D eigenvalue weighted by Crippen LogP contribution is -2.06. The van der Waals surface area contributed by atoms with Gasteiger partial charge in [0.25, 0.3) is 0 Å². The average molecular weight is 723 g/mol. The van der Waals surface area contributed by atoms with Crippen LogP contribution in [0.4, 0.5) is 0 Å². The van der Waals surface area contributed by atoms with Gasteiger partial charge in [0.05, 0.1) is 19.8 Å². The third kappa shape index (κ3) is 16.2. The van der Waals surface area contributed by atoms with Gasteiger partial charge in [0, 0.05) is 5.57 Å². The molecule has 3 atom stereocenters. The summed E-state index contributed by atoms with van der Waals surface area (Å²) in [7, 11) is 0. The second-order valence-electron chi connectivity index (χ2n) is 13.2. The van der Waals surface area contributed by atoms with E-state index in [0.29, 0.717) is 61.0 Å². The fourth-order valence-electron chi connectivity index (χ4n) is 4.66. The molecule has 6 nitrogen and oxygen atoms in total. The molecule has 0 aliphatic carbocycles. The molecule has 0 amide bonds. The topological polar surface area (TPSA) is 62.0 Å². The summed E-state index contributed by atoms with van der Waals surface area (Å²) in [6.45, 7) is 44.2. The normalized spacial score (nSPS) is 19.6. The van der Waals surface area contributed by atoms with Gasteiger partial charge in [0.1, 0.15) is 54.2 Å². The predicted octanol–water partition coefficient (Wildman–Crippen LogP) is 11.7. The smallest absolute Gasteiger partial charge is 0.127 e. The van der Waals surface area contributed by atoms with E-state index in [-0.39, 0.29) is 12.2 Å². The molecule has 286 valence electrons. The zero-order chi connectivity index (χ0) is 39.5. The van der Waals surface area contributed by atoms with Crippen LogP contribution in [-0.2, 0) is 28.4 Å². The van der Waals surface area contributed by atoms with E-state index in [1.165, 1.54) is 0 Å². The first-order valence-corrected chi connectivity index (χ1v) is 18.3. The van der Waals surface area contributed by atoms with Crippen molar-refractivity contribution in [3.05, 3.63) is 180 Å². The Kier molecular flexibility index (Phi) is 19.3. The molecular formula is C47H62O6. The van der Waals surface area contributed by atoms with Crippen molar-refractivity contribution in [2.45, 2.75) is 74.0 Å². The van der Waals surface area contributed by atoms with Gasteiger partial charge in [-0.25, -0.2) is 0 Å². The van der Waals surface area contributed by atoms with E-state index >= 15 is 0 Å². The Balaban J connectivity index is 2.54. The SMILES string of the molecule is C=C\C(=C/C(=C/C(=C\C)OCC1CO1)C(=C)C)OC(=C/C)/C=C(C(=C)C)/C(C(=C)/C=C(/C)C(=CC)/C=C\C(=C)OCC(C)CC)=C(\C=C)OCC1CO1. The Labute approximate surface area is 320 Å². The molecule has 0 aromatic heterocycles. The summed E-state index contributed by atoms with van der Waals surface area (Å²) < 4.78 is 35.3. The second-order valence-corrected chi connectivity index (χ2v) is 13.2. The van der Waals surface area contributed by atoms with Crippen molar-refractivity contribution in [2.75, 3.05) is 33.0 Å². The van der Waals surface area contributed by atoms with Crippen molar-refractivity contribution in [3.8, 4) is 0 Å². The highest BCUT2D eigenvalue weighted by atomic mass is 16.6. The number of hydrogen-bond donors (Lipinski definition) is 0. The van der Waals surface area contributed by atoms with Crippen LogP contribution in [0.1, 0.15) is 61.8 Å². The predicted molar refractivity (Wildman–Crippen MR) is 222 cm³/mol. The van der Waals surface area contributed by atoms with Crippen LogP contribution in [0.2, 0.25) is 0 Å². The van der Waals surface area contributed by atoms with Crippen LogP contribution in [0.25, 0.3) is 0 Å². The van der Waals surface area contributed by atoms with Gasteiger partial charge >= 0.3 is 0 Å². The minimum Gasteiger partial charge on any atom is -0.494 e. The van der Waals surface area contributed by atoms with Crippen LogP contribution >= 0.6 is 0 Å². The fraction of sp³-hybridized carbons (Fsp3) is 0.362. The highest BCUT2D eigenvalue weighted by molar-refractivity contribution is 5.63. The quantitative estimate of drug-likeness (QED) is 0.0531. The van der Waals surface area contributed by atoms with E-state index in [1.807, 2.05) is 96.2 Å². The van der Waals surface area contributed by atoms with Crippen molar-refractivity contribution in [1.82, 2.24) is 0 Å². The molecule has 2 fully saturated rings. The standard InChI is InChI=1S/C47H62O6/c1-15-34(11)27-48-37(14)21-22-38(16-2)35(12)23-36(13)47(46(20-6)52-31-44-30-51-44)45(33(9)10)26-42(19-5)53-41(18-4)25-39(32(7)8)24-40(17-3)49-28-43-29-50-43/h16-26,34,43-44H,4,6-7,9,13-15,27-31H2,1-3,5,8,10-12H3/b22-21-,35-23-,38-16?,39-24-,40-17+,41-25+,42-19+,45-26+,47-46+. The van der Waals surface area contributed by atoms with E-state index in [9.17, 15) is 0 Å². The molecule has 2 rings (SSSR count). The number of ether oxygens (including phenoxy) is 6. The van der Waals surface area contributed by atoms with Crippen LogP contribution in [0.3, 0.4) is 0 Å². The van der Waals surface area contributed by atoms with Crippen LogP contribution in [0.15, 0.2) is 180 Å². The number of hydrogen-bond acceptors (Lipinski definition) is 6. The Morgan fingerprint density at radius 2 is 1.34 bits per heavy atom. The Morgan fingerprint density at radius 1 is 0.717 bits per heavy atom. The molecule has 3 unspecified atom stereocenters. The molecule has 0 radical (unpaired) electrons. The molecule has 0 saturated carbocycles. The largest absolute Gasteiger partial charge is 0.494 e. The first-order valence-electron chi connectivity index (χ1n) is 18.3. The fourth-order valence-corrected chi connectivity index (χ4v) is 4.66. The third-order valence-corrected chi connectivity index (χ3v) is 8.38. The number of epoxide rings is 2. The molecule has 2 heterocycles. The van der Waals surface area contributed by atoms with Crippen LogP contribution < -0.4 is 0 Å². The van der Waals surface area contributed by atoms with Crippen molar-refractivity contribution >= 4 is 0 Å². The Morgan fingerprint density at radius 3 is 1.83 bits per heavy atom. The Bertz CT molecular complexity index is 1650. The maximum atomic E-state index is 6.45. The van der Waals surface area contributed by atoms with Crippen molar-refractivity contribution < 1.29 is 28.4 Å². The first-order chi connectivity index (χ1) is 25.3. The van der Waals surface area contributed by atoms with Gasteiger partial charge in [0.15, 0.2) is 0 Å². The Hall–Kier alpha value is -4.78. The minimum atomic E-state index is 0.0465. The van der Waals surface area contributed by atoms with Crippen molar-refractivity contribution in [3.63, 3.8) is 0 Å². The molecule has 6 heteroatoms. The maximum absolute atomic E-state index is 6.45. The van der Waals surface area contributed by atoms with Gasteiger partial charge < -0.3 is 28.4 Å². The van der Waals surface area contributed by atoms with Gasteiger partial charge in [-0.05, 0) is 124 Å². The summed E-state index contributed by atoms with van der Waals surface area (Å²) in [6.07, 6.45) is 22.1. The monoisotopic (exact) mass is 722 g/mol. The van der Waals surface area contributed by atoms with E-state index in [1.54, 1.807) is 12.2 Å². The lowest BCUT2D eigenvalue weighted by Gasteiger charge is -2.19. The summed E-state index contributed by atoms with van der Waals surface area (Å²) in [5.41, 5.74) is 6.66. The molecule has 0 N–H and O–H groups in total. The van der Waals surface area contributed by atoms with E-state index in [0.717, 1.165) is 57.8 Å². The van der Waals surface area contributed by atoms with E-state index < -0.39 is 0 Å². The van der Waals surface area contributed by atoms with Gasteiger partial charge in [-0.1, -0.05) is 89.1 Å². The molecule has 2 aliphatic heterocycles. The molecular weight excluding hydrogens is 661 g/mol. The summed E-state index contributed by atoms with van der Waals surface area (Å²) in [5.74, 6) is 3.45. The molecule has 0 aromatic rings. The lowest BCUT2D eigenvalue weighted by atomic mass is 9.90. The van der Waals surface area contributed by atoms with Gasteiger partial charge in [0.2, 0.25) is 0 Å². The van der Waals surface area contributed by atoms with Crippen molar-refractivity contribution in [2.24, 2.45) is 5.92 Å². The lowest BCUT2D eigenvalue weighted by molar-refractivity contribution is 0.181. The summed E-state index contributed by atoms with van der Waals surface area (Å²) in [4.78, 5) is 0. The molecule has 0 aromatic carbocycles. The summed E-state index contributed by atoms with van der Waals surface area (Å²) >= 11 is 0. The van der Waals surface area contributed by atoms with E-state index in [2.05, 4.69) is 53.3 Å². The van der Waals surface area contributed by atoms with Crippen LogP contribution in [0.5, 0.6) is 0 Å². The highest BCUT2D eigenvalue weighted by Gasteiger charge is 2.25. The molecule has 2 saturated heterocycles. The molecule has 53 heavy (non-hydrogen) atoms. The zero-order valence-corrected chi connectivity index (χ0v) is 33.5. The first kappa shape index (κ1) is 44.4. The van der Waals surface area contributed by atoms with Gasteiger partial charge in [-0.3, -0.25) is 0 Å². The van der Waals surface area contributed by atoms with Gasteiger partial charge in [-0.15, -0.1) is 0 Å².